The number of fused-ring (bicyclic) bond motifs is 2. The Morgan fingerprint density at radius 3 is 2.59 bits per heavy atom. The minimum absolute atomic E-state index is 0.126. The highest BCUT2D eigenvalue weighted by atomic mass is 16.5. The van der Waals surface area contributed by atoms with E-state index in [-0.39, 0.29) is 23.9 Å². The zero-order valence-corrected chi connectivity index (χ0v) is 19.1. The van der Waals surface area contributed by atoms with E-state index in [1.54, 1.807) is 49.6 Å². The first-order valence-corrected chi connectivity index (χ1v) is 10.9. The predicted octanol–water partition coefficient (Wildman–Crippen LogP) is 5.37. The number of carbonyl (C=O) groups excluding carboxylic acids is 2. The predicted molar refractivity (Wildman–Crippen MR) is 130 cm³/mol. The van der Waals surface area contributed by atoms with Crippen molar-refractivity contribution in [2.45, 2.75) is 6.92 Å². The summed E-state index contributed by atoms with van der Waals surface area (Å²) in [6.07, 6.45) is 3.75. The number of nitrogens with zero attached hydrogens (tertiary/aromatic N) is 1. The highest BCUT2D eigenvalue weighted by molar-refractivity contribution is 6.15. The number of aryl methyl sites for hydroxylation is 1. The van der Waals surface area contributed by atoms with Crippen LogP contribution in [0.4, 0.5) is 0 Å². The molecule has 6 nitrogen and oxygen atoms in total. The van der Waals surface area contributed by atoms with E-state index in [0.29, 0.717) is 33.9 Å². The second-order valence-corrected chi connectivity index (χ2v) is 8.16. The lowest BCUT2D eigenvalue weighted by Crippen LogP contribution is -2.12. The standard InChI is InChI=1S/C28H23NO5/c1-17-25(33-16-24(30)18-8-10-20(32-3)11-9-18)13-12-22-27(31)26(34-28(17)22)14-19-15-29(2)23-7-5-4-6-21(19)23/h4-15H,16H2,1-3H3/b26-14-. The van der Waals surface area contributed by atoms with Crippen molar-refractivity contribution in [1.29, 1.82) is 0 Å². The summed E-state index contributed by atoms with van der Waals surface area (Å²) in [5.41, 5.74) is 3.68. The fraction of sp³-hybridized carbons (Fsp3) is 0.143. The molecule has 3 aromatic carbocycles. The van der Waals surface area contributed by atoms with Gasteiger partial charge in [0.2, 0.25) is 5.78 Å². The number of allylic oxidation sites excluding steroid dienone is 1. The van der Waals surface area contributed by atoms with Gasteiger partial charge in [0.15, 0.2) is 18.1 Å². The summed E-state index contributed by atoms with van der Waals surface area (Å²) < 4.78 is 18.9. The van der Waals surface area contributed by atoms with Crippen molar-refractivity contribution in [3.63, 3.8) is 0 Å². The summed E-state index contributed by atoms with van der Waals surface area (Å²) in [5, 5.41) is 1.04. The van der Waals surface area contributed by atoms with Gasteiger partial charge in [0.1, 0.15) is 17.2 Å². The molecule has 2 heterocycles. The lowest BCUT2D eigenvalue weighted by Gasteiger charge is -2.11. The van der Waals surface area contributed by atoms with Gasteiger partial charge in [0.05, 0.1) is 12.7 Å². The minimum Gasteiger partial charge on any atom is -0.497 e. The summed E-state index contributed by atoms with van der Waals surface area (Å²) in [5.74, 6) is 1.58. The van der Waals surface area contributed by atoms with Crippen LogP contribution < -0.4 is 14.2 Å². The van der Waals surface area contributed by atoms with Gasteiger partial charge in [-0.3, -0.25) is 9.59 Å². The normalized spacial score (nSPS) is 13.7. The number of para-hydroxylation sites is 1. The van der Waals surface area contributed by atoms with Crippen LogP contribution in [0.3, 0.4) is 0 Å². The van der Waals surface area contributed by atoms with E-state index in [0.717, 1.165) is 16.5 Å². The van der Waals surface area contributed by atoms with Gasteiger partial charge < -0.3 is 18.8 Å². The molecule has 170 valence electrons. The maximum Gasteiger partial charge on any atom is 0.231 e. The van der Waals surface area contributed by atoms with Crippen molar-refractivity contribution < 1.29 is 23.8 Å². The first-order valence-electron chi connectivity index (χ1n) is 10.9. The van der Waals surface area contributed by atoms with Gasteiger partial charge in [0, 0.05) is 40.8 Å². The van der Waals surface area contributed by atoms with Crippen LogP contribution in [-0.4, -0.2) is 29.9 Å². The van der Waals surface area contributed by atoms with E-state index in [4.69, 9.17) is 14.2 Å². The number of hydrogen-bond acceptors (Lipinski definition) is 5. The van der Waals surface area contributed by atoms with Gasteiger partial charge in [-0.2, -0.15) is 0 Å². The largest absolute Gasteiger partial charge is 0.497 e. The van der Waals surface area contributed by atoms with Crippen LogP contribution in [0.2, 0.25) is 0 Å². The average molecular weight is 453 g/mol. The van der Waals surface area contributed by atoms with Crippen molar-refractivity contribution in [1.82, 2.24) is 4.57 Å². The van der Waals surface area contributed by atoms with Crippen molar-refractivity contribution >= 4 is 28.5 Å². The number of benzene rings is 3. The molecular formula is C28H23NO5. The Morgan fingerprint density at radius 1 is 1.06 bits per heavy atom. The third-order valence-electron chi connectivity index (χ3n) is 6.02. The number of ketones is 2. The summed E-state index contributed by atoms with van der Waals surface area (Å²) >= 11 is 0. The third kappa shape index (κ3) is 3.73. The molecule has 0 N–H and O–H groups in total. The first-order chi connectivity index (χ1) is 16.5. The summed E-state index contributed by atoms with van der Waals surface area (Å²) in [6, 6.07) is 18.3. The molecule has 0 saturated carbocycles. The van der Waals surface area contributed by atoms with E-state index in [1.807, 2.05) is 49.0 Å². The average Bonchev–Trinajstić information content (AvgIpc) is 3.35. The second kappa shape index (κ2) is 8.56. The Morgan fingerprint density at radius 2 is 1.82 bits per heavy atom. The van der Waals surface area contributed by atoms with E-state index >= 15 is 0 Å². The number of carbonyl (C=O) groups is 2. The van der Waals surface area contributed by atoms with Gasteiger partial charge in [-0.1, -0.05) is 18.2 Å². The molecule has 0 bridgehead atoms. The molecule has 1 aliphatic heterocycles. The maximum atomic E-state index is 13.0. The molecule has 5 rings (SSSR count). The van der Waals surface area contributed by atoms with E-state index < -0.39 is 0 Å². The second-order valence-electron chi connectivity index (χ2n) is 8.16. The Labute approximate surface area is 197 Å². The fourth-order valence-corrected chi connectivity index (χ4v) is 4.16. The molecule has 34 heavy (non-hydrogen) atoms. The van der Waals surface area contributed by atoms with Crippen molar-refractivity contribution in [3.05, 3.63) is 94.9 Å². The number of methoxy groups -OCH3 is 1. The number of ether oxygens (including phenoxy) is 3. The van der Waals surface area contributed by atoms with E-state index in [1.165, 1.54) is 0 Å². The van der Waals surface area contributed by atoms with Crippen molar-refractivity contribution in [3.8, 4) is 17.2 Å². The van der Waals surface area contributed by atoms with Crippen LogP contribution in [0.1, 0.15) is 31.8 Å². The third-order valence-corrected chi connectivity index (χ3v) is 6.02. The molecule has 0 saturated heterocycles. The molecule has 0 unspecified atom stereocenters. The highest BCUT2D eigenvalue weighted by Crippen LogP contribution is 2.39. The summed E-state index contributed by atoms with van der Waals surface area (Å²) in [7, 11) is 3.55. The van der Waals surface area contributed by atoms with Gasteiger partial charge in [-0.05, 0) is 55.5 Å². The lowest BCUT2D eigenvalue weighted by molar-refractivity contribution is 0.0920. The smallest absolute Gasteiger partial charge is 0.231 e. The fourth-order valence-electron chi connectivity index (χ4n) is 4.16. The molecular weight excluding hydrogens is 430 g/mol. The highest BCUT2D eigenvalue weighted by Gasteiger charge is 2.30. The zero-order chi connectivity index (χ0) is 23.8. The van der Waals surface area contributed by atoms with Gasteiger partial charge in [-0.15, -0.1) is 0 Å². The summed E-state index contributed by atoms with van der Waals surface area (Å²) in [4.78, 5) is 25.5. The van der Waals surface area contributed by atoms with Crippen LogP contribution in [0, 0.1) is 6.92 Å². The van der Waals surface area contributed by atoms with Crippen molar-refractivity contribution in [2.75, 3.05) is 13.7 Å². The van der Waals surface area contributed by atoms with Gasteiger partial charge >= 0.3 is 0 Å². The van der Waals surface area contributed by atoms with Gasteiger partial charge in [-0.25, -0.2) is 0 Å². The Balaban J connectivity index is 1.37. The molecule has 0 aliphatic carbocycles. The van der Waals surface area contributed by atoms with Crippen molar-refractivity contribution in [2.24, 2.45) is 7.05 Å². The molecule has 1 aromatic heterocycles. The molecule has 4 aromatic rings. The number of rotatable bonds is 6. The lowest BCUT2D eigenvalue weighted by atomic mass is 10.1. The van der Waals surface area contributed by atoms with Crippen LogP contribution >= 0.6 is 0 Å². The molecule has 0 radical (unpaired) electrons. The zero-order valence-electron chi connectivity index (χ0n) is 19.1. The Kier molecular flexibility index (Phi) is 5.42. The topological polar surface area (TPSA) is 66.8 Å². The molecule has 6 heteroatoms. The quantitative estimate of drug-likeness (QED) is 0.290. The molecule has 0 spiro atoms. The molecule has 0 fully saturated rings. The number of aromatic nitrogens is 1. The first kappa shape index (κ1) is 21.5. The van der Waals surface area contributed by atoms with Gasteiger partial charge in [0.25, 0.3) is 0 Å². The molecule has 0 amide bonds. The van der Waals surface area contributed by atoms with E-state index in [9.17, 15) is 9.59 Å². The minimum atomic E-state index is -0.174. The molecule has 0 atom stereocenters. The number of hydrogen-bond donors (Lipinski definition) is 0. The Hall–Kier alpha value is -4.32. The van der Waals surface area contributed by atoms with Crippen LogP contribution in [0.25, 0.3) is 17.0 Å². The number of Topliss-reactive ketones (excluding diaryl/α,β-unsaturated/α-hetero) is 2. The van der Waals surface area contributed by atoms with Crippen LogP contribution in [0.5, 0.6) is 17.2 Å². The Bertz CT molecular complexity index is 1460. The maximum absolute atomic E-state index is 13.0. The monoisotopic (exact) mass is 453 g/mol. The van der Waals surface area contributed by atoms with Crippen LogP contribution in [0.15, 0.2) is 72.6 Å². The van der Waals surface area contributed by atoms with E-state index in [2.05, 4.69) is 0 Å². The van der Waals surface area contributed by atoms with Crippen LogP contribution in [-0.2, 0) is 7.05 Å². The SMILES string of the molecule is COc1ccc(C(=O)COc2ccc3c(c2C)O/C(=C\c2cn(C)c4ccccc24)C3=O)cc1. The summed E-state index contributed by atoms with van der Waals surface area (Å²) in [6.45, 7) is 1.69. The molecule has 1 aliphatic rings.